The van der Waals surface area contributed by atoms with Crippen LogP contribution < -0.4 is 9.80 Å². The molecule has 0 N–H and O–H groups in total. The lowest BCUT2D eigenvalue weighted by molar-refractivity contribution is 0.655. The van der Waals surface area contributed by atoms with Crippen LogP contribution in [0.4, 0.5) is 11.4 Å². The van der Waals surface area contributed by atoms with Crippen molar-refractivity contribution in [2.24, 2.45) is 0 Å². The number of hydrogen-bond acceptors (Lipinski definition) is 5. The zero-order valence-electron chi connectivity index (χ0n) is 16.2. The molecular weight excluding hydrogens is 384 g/mol. The molecule has 0 amide bonds. The Kier molecular flexibility index (Phi) is 4.56. The van der Waals surface area contributed by atoms with Crippen LogP contribution in [-0.4, -0.2) is 45.9 Å². The Morgan fingerprint density at radius 3 is 2.17 bits per heavy atom. The maximum atomic E-state index is 6.49. The van der Waals surface area contributed by atoms with Crippen LogP contribution in [0.1, 0.15) is 5.56 Å². The third kappa shape index (κ3) is 3.29. The molecule has 6 nitrogen and oxygen atoms in total. The Balaban J connectivity index is 1.33. The van der Waals surface area contributed by atoms with Gasteiger partial charge >= 0.3 is 0 Å². The lowest BCUT2D eigenvalue weighted by Gasteiger charge is -2.37. The number of nitrogens with zero attached hydrogens (tertiary/aromatic N) is 6. The van der Waals surface area contributed by atoms with Gasteiger partial charge in [0, 0.05) is 54.8 Å². The fraction of sp³-hybridized carbons (Fsp3) is 0.227. The van der Waals surface area contributed by atoms with E-state index in [1.165, 1.54) is 11.4 Å². The summed E-state index contributed by atoms with van der Waals surface area (Å²) in [6.45, 7) is 5.86. The number of pyridine rings is 1. The third-order valence-electron chi connectivity index (χ3n) is 5.57. The molecule has 0 radical (unpaired) electrons. The van der Waals surface area contributed by atoms with Gasteiger partial charge in [0.15, 0.2) is 0 Å². The molecule has 1 fully saturated rings. The Hall–Kier alpha value is -3.12. The molecule has 2 aromatic heterocycles. The van der Waals surface area contributed by atoms with E-state index in [0.29, 0.717) is 0 Å². The maximum Gasteiger partial charge on any atom is 0.123 e. The van der Waals surface area contributed by atoms with Crippen molar-refractivity contribution in [3.63, 3.8) is 0 Å². The molecule has 0 unspecified atom stereocenters. The number of rotatable bonds is 3. The highest BCUT2D eigenvalue weighted by atomic mass is 35.5. The number of piperazine rings is 1. The van der Waals surface area contributed by atoms with E-state index in [4.69, 9.17) is 11.6 Å². The number of aryl methyl sites for hydroxylation is 1. The predicted molar refractivity (Wildman–Crippen MR) is 117 cm³/mol. The van der Waals surface area contributed by atoms with E-state index < -0.39 is 0 Å². The van der Waals surface area contributed by atoms with Gasteiger partial charge in [-0.2, -0.15) is 0 Å². The zero-order chi connectivity index (χ0) is 19.8. The molecule has 1 aliphatic heterocycles. The molecule has 146 valence electrons. The molecule has 0 saturated carbocycles. The van der Waals surface area contributed by atoms with Crippen LogP contribution in [0.2, 0.25) is 5.02 Å². The highest BCUT2D eigenvalue weighted by Gasteiger charge is 2.20. The normalized spacial score (nSPS) is 14.6. The van der Waals surface area contributed by atoms with Gasteiger partial charge in [0.25, 0.3) is 0 Å². The van der Waals surface area contributed by atoms with Crippen molar-refractivity contribution in [3.05, 3.63) is 71.9 Å². The third-order valence-corrected chi connectivity index (χ3v) is 6.05. The van der Waals surface area contributed by atoms with Gasteiger partial charge in [-0.1, -0.05) is 23.7 Å². The minimum absolute atomic E-state index is 0.746. The molecule has 29 heavy (non-hydrogen) atoms. The smallest absolute Gasteiger partial charge is 0.123 e. The summed E-state index contributed by atoms with van der Waals surface area (Å²) in [4.78, 5) is 9.36. The Bertz CT molecular complexity index is 1130. The van der Waals surface area contributed by atoms with Crippen molar-refractivity contribution in [1.82, 2.24) is 19.7 Å². The van der Waals surface area contributed by atoms with Crippen LogP contribution in [0.5, 0.6) is 0 Å². The van der Waals surface area contributed by atoms with Crippen molar-refractivity contribution >= 4 is 33.9 Å². The van der Waals surface area contributed by atoms with Crippen LogP contribution in [0.25, 0.3) is 16.6 Å². The van der Waals surface area contributed by atoms with Gasteiger partial charge in [-0.25, -0.2) is 0 Å². The van der Waals surface area contributed by atoms with Gasteiger partial charge in [0.1, 0.15) is 12.7 Å². The summed E-state index contributed by atoms with van der Waals surface area (Å²) in [5.74, 6) is 0. The molecular formula is C22H21ClN6. The van der Waals surface area contributed by atoms with E-state index in [1.807, 2.05) is 17.7 Å². The van der Waals surface area contributed by atoms with E-state index in [2.05, 4.69) is 67.4 Å². The van der Waals surface area contributed by atoms with Crippen LogP contribution in [0, 0.1) is 6.92 Å². The van der Waals surface area contributed by atoms with Crippen molar-refractivity contribution in [2.75, 3.05) is 36.0 Å². The second-order valence-electron chi connectivity index (χ2n) is 7.28. The number of fused-ring (bicyclic) bond motifs is 1. The van der Waals surface area contributed by atoms with Gasteiger partial charge in [-0.05, 0) is 42.8 Å². The van der Waals surface area contributed by atoms with Crippen LogP contribution in [0.3, 0.4) is 0 Å². The van der Waals surface area contributed by atoms with Gasteiger partial charge in [0.2, 0.25) is 0 Å². The van der Waals surface area contributed by atoms with E-state index in [9.17, 15) is 0 Å². The number of benzene rings is 2. The molecule has 1 saturated heterocycles. The summed E-state index contributed by atoms with van der Waals surface area (Å²) in [6.07, 6.45) is 5.28. The first-order valence-corrected chi connectivity index (χ1v) is 10.1. The van der Waals surface area contributed by atoms with Crippen molar-refractivity contribution in [1.29, 1.82) is 0 Å². The van der Waals surface area contributed by atoms with Crippen LogP contribution in [-0.2, 0) is 0 Å². The summed E-state index contributed by atoms with van der Waals surface area (Å²) in [6, 6.07) is 14.8. The highest BCUT2D eigenvalue weighted by molar-refractivity contribution is 6.36. The minimum Gasteiger partial charge on any atom is -0.368 e. The maximum absolute atomic E-state index is 6.49. The summed E-state index contributed by atoms with van der Waals surface area (Å²) in [5, 5.41) is 9.59. The molecule has 0 atom stereocenters. The quantitative estimate of drug-likeness (QED) is 0.514. The summed E-state index contributed by atoms with van der Waals surface area (Å²) in [7, 11) is 0. The fourth-order valence-electron chi connectivity index (χ4n) is 3.92. The summed E-state index contributed by atoms with van der Waals surface area (Å²) < 4.78 is 1.91. The number of hydrogen-bond donors (Lipinski definition) is 0. The fourth-order valence-corrected chi connectivity index (χ4v) is 4.14. The summed E-state index contributed by atoms with van der Waals surface area (Å²) >= 11 is 6.49. The summed E-state index contributed by atoms with van der Waals surface area (Å²) in [5.41, 5.74) is 5.45. The molecule has 0 bridgehead atoms. The molecule has 4 aromatic rings. The number of aromatic nitrogens is 4. The van der Waals surface area contributed by atoms with Gasteiger partial charge in [0.05, 0.1) is 10.5 Å². The Labute approximate surface area is 174 Å². The highest BCUT2D eigenvalue weighted by Crippen LogP contribution is 2.32. The monoisotopic (exact) mass is 404 g/mol. The minimum atomic E-state index is 0.746. The molecule has 3 heterocycles. The van der Waals surface area contributed by atoms with Crippen molar-refractivity contribution in [2.45, 2.75) is 6.92 Å². The SMILES string of the molecule is Cc1ccc2c(N3CCN(c4ccc(-n5cnnc5)cc4)CC3)ccnc2c1Cl. The van der Waals surface area contributed by atoms with Gasteiger partial charge < -0.3 is 9.80 Å². The predicted octanol–water partition coefficient (Wildman–Crippen LogP) is 4.10. The number of anilines is 2. The standard InChI is InChI=1S/C22H21ClN6/c1-16-2-7-19-20(8-9-24-22(19)21(16)23)28-12-10-27(11-13-28)17-3-5-18(6-4-17)29-14-25-26-15-29/h2-9,14-15H,10-13H2,1H3. The van der Waals surface area contributed by atoms with Crippen molar-refractivity contribution in [3.8, 4) is 5.69 Å². The first-order valence-electron chi connectivity index (χ1n) is 9.69. The Morgan fingerprint density at radius 2 is 1.45 bits per heavy atom. The van der Waals surface area contributed by atoms with E-state index >= 15 is 0 Å². The lowest BCUT2D eigenvalue weighted by atomic mass is 10.1. The topological polar surface area (TPSA) is 50.1 Å². The van der Waals surface area contributed by atoms with E-state index in [0.717, 1.165) is 53.4 Å². The molecule has 0 aliphatic carbocycles. The average Bonchev–Trinajstić information content (AvgIpc) is 3.31. The average molecular weight is 405 g/mol. The molecule has 2 aromatic carbocycles. The van der Waals surface area contributed by atoms with E-state index in [1.54, 1.807) is 12.7 Å². The van der Waals surface area contributed by atoms with Gasteiger partial charge in [-0.15, -0.1) is 10.2 Å². The molecule has 1 aliphatic rings. The first kappa shape index (κ1) is 17.9. The molecule has 0 spiro atoms. The number of halogens is 1. The molecule has 7 heteroatoms. The van der Waals surface area contributed by atoms with Crippen LogP contribution >= 0.6 is 11.6 Å². The van der Waals surface area contributed by atoms with E-state index in [-0.39, 0.29) is 0 Å². The lowest BCUT2D eigenvalue weighted by Crippen LogP contribution is -2.46. The first-order chi connectivity index (χ1) is 14.2. The largest absolute Gasteiger partial charge is 0.368 e. The second-order valence-corrected chi connectivity index (χ2v) is 7.66. The Morgan fingerprint density at radius 1 is 0.793 bits per heavy atom. The molecule has 5 rings (SSSR count). The second kappa shape index (κ2) is 7.37. The van der Waals surface area contributed by atoms with Crippen LogP contribution in [0.15, 0.2) is 61.3 Å². The van der Waals surface area contributed by atoms with Crippen molar-refractivity contribution < 1.29 is 0 Å². The zero-order valence-corrected chi connectivity index (χ0v) is 16.9. The van der Waals surface area contributed by atoms with Gasteiger partial charge in [-0.3, -0.25) is 9.55 Å².